The van der Waals surface area contributed by atoms with Crippen molar-refractivity contribution < 1.29 is 4.79 Å². The van der Waals surface area contributed by atoms with Crippen LogP contribution in [0.15, 0.2) is 29.3 Å². The van der Waals surface area contributed by atoms with Crippen LogP contribution in [0.4, 0.5) is 5.69 Å². The number of hydrogen-bond acceptors (Lipinski definition) is 5. The first-order valence-electron chi connectivity index (χ1n) is 9.19. The third-order valence-corrected chi connectivity index (χ3v) is 5.16. The van der Waals surface area contributed by atoms with E-state index in [-0.39, 0.29) is 11.6 Å². The van der Waals surface area contributed by atoms with Gasteiger partial charge in [-0.3, -0.25) is 19.2 Å². The lowest BCUT2D eigenvalue weighted by Crippen LogP contribution is -2.39. The van der Waals surface area contributed by atoms with Crippen molar-refractivity contribution in [3.8, 4) is 0 Å². The summed E-state index contributed by atoms with van der Waals surface area (Å²) in [4.78, 5) is 30.6. The molecule has 2 aromatic heterocycles. The minimum atomic E-state index is -0.0239. The summed E-state index contributed by atoms with van der Waals surface area (Å²) < 4.78 is 3.36. The summed E-state index contributed by atoms with van der Waals surface area (Å²) in [5.74, 6) is 1.20. The first-order valence-corrected chi connectivity index (χ1v) is 9.19. The van der Waals surface area contributed by atoms with Crippen molar-refractivity contribution in [1.82, 2.24) is 24.2 Å². The molecule has 1 saturated heterocycles. The lowest BCUT2D eigenvalue weighted by molar-refractivity contribution is -0.117. The van der Waals surface area contributed by atoms with Crippen LogP contribution in [0.3, 0.4) is 0 Å². The Bertz CT molecular complexity index is 831. The summed E-state index contributed by atoms with van der Waals surface area (Å²) in [5, 5.41) is 7.37. The lowest BCUT2D eigenvalue weighted by Gasteiger charge is -2.31. The van der Waals surface area contributed by atoms with Crippen LogP contribution in [-0.4, -0.2) is 49.8 Å². The molecule has 26 heavy (non-hydrogen) atoms. The monoisotopic (exact) mass is 356 g/mol. The van der Waals surface area contributed by atoms with Gasteiger partial charge in [-0.15, -0.1) is 0 Å². The molecule has 0 aromatic carbocycles. The van der Waals surface area contributed by atoms with Crippen LogP contribution in [0.1, 0.15) is 43.5 Å². The average molecular weight is 356 g/mol. The van der Waals surface area contributed by atoms with Crippen LogP contribution in [0.5, 0.6) is 0 Å². The van der Waals surface area contributed by atoms with Crippen molar-refractivity contribution in [3.05, 3.63) is 40.8 Å². The molecular formula is C18H24N6O2. The summed E-state index contributed by atoms with van der Waals surface area (Å²) in [7, 11) is 1.72. The second kappa shape index (κ2) is 7.03. The lowest BCUT2D eigenvalue weighted by atomic mass is 9.96. The maximum atomic E-state index is 12.3. The molecule has 0 atom stereocenters. The standard InChI is InChI=1S/C18H24N6O2/c1-22-18(26)24(15-4-5-15)17(21-22)13-6-9-23(10-7-13)12-16(25)20-14-3-2-8-19-11-14/h2-3,8,11,13,15H,4-7,9-10,12H2,1H3,(H,20,25). The molecule has 3 heterocycles. The number of nitrogens with zero attached hydrogens (tertiary/aromatic N) is 5. The molecule has 2 aliphatic rings. The van der Waals surface area contributed by atoms with Gasteiger partial charge in [0.1, 0.15) is 5.82 Å². The van der Waals surface area contributed by atoms with Crippen molar-refractivity contribution in [2.75, 3.05) is 25.0 Å². The molecular weight excluding hydrogens is 332 g/mol. The van der Waals surface area contributed by atoms with E-state index in [9.17, 15) is 9.59 Å². The number of amides is 1. The molecule has 0 unspecified atom stereocenters. The van der Waals surface area contributed by atoms with Gasteiger partial charge in [0.15, 0.2) is 0 Å². The van der Waals surface area contributed by atoms with Gasteiger partial charge in [-0.05, 0) is 50.9 Å². The fourth-order valence-electron chi connectivity index (χ4n) is 3.64. The predicted molar refractivity (Wildman–Crippen MR) is 97.0 cm³/mol. The van der Waals surface area contributed by atoms with Gasteiger partial charge < -0.3 is 5.32 Å². The SMILES string of the molecule is Cn1nc(C2CCN(CC(=O)Nc3cccnc3)CC2)n(C2CC2)c1=O. The highest BCUT2D eigenvalue weighted by Gasteiger charge is 2.33. The number of pyridine rings is 1. The van der Waals surface area contributed by atoms with E-state index in [0.717, 1.165) is 44.6 Å². The minimum absolute atomic E-state index is 0.000720. The van der Waals surface area contributed by atoms with Gasteiger partial charge in [-0.2, -0.15) is 5.10 Å². The predicted octanol–water partition coefficient (Wildman–Crippen LogP) is 1.13. The van der Waals surface area contributed by atoms with E-state index in [0.29, 0.717) is 24.2 Å². The number of piperidine rings is 1. The van der Waals surface area contributed by atoms with E-state index < -0.39 is 0 Å². The van der Waals surface area contributed by atoms with E-state index in [1.54, 1.807) is 25.5 Å². The van der Waals surface area contributed by atoms with Crippen LogP contribution in [0.25, 0.3) is 0 Å². The fraction of sp³-hybridized carbons (Fsp3) is 0.556. The van der Waals surface area contributed by atoms with Crippen molar-refractivity contribution in [1.29, 1.82) is 0 Å². The van der Waals surface area contributed by atoms with E-state index in [1.807, 2.05) is 10.6 Å². The Balaban J connectivity index is 1.34. The largest absolute Gasteiger partial charge is 0.345 e. The highest BCUT2D eigenvalue weighted by Crippen LogP contribution is 2.37. The van der Waals surface area contributed by atoms with Crippen LogP contribution in [0, 0.1) is 0 Å². The van der Waals surface area contributed by atoms with Gasteiger partial charge in [0.05, 0.1) is 18.4 Å². The second-order valence-electron chi connectivity index (χ2n) is 7.21. The number of likely N-dealkylation sites (tertiary alicyclic amines) is 1. The normalized spacial score (nSPS) is 18.8. The second-order valence-corrected chi connectivity index (χ2v) is 7.21. The van der Waals surface area contributed by atoms with E-state index in [2.05, 4.69) is 20.3 Å². The Morgan fingerprint density at radius 3 is 2.69 bits per heavy atom. The van der Waals surface area contributed by atoms with Crippen molar-refractivity contribution >= 4 is 11.6 Å². The molecule has 4 rings (SSSR count). The zero-order chi connectivity index (χ0) is 18.1. The Kier molecular flexibility index (Phi) is 4.58. The van der Waals surface area contributed by atoms with Gasteiger partial charge in [0.2, 0.25) is 5.91 Å². The summed E-state index contributed by atoms with van der Waals surface area (Å²) in [5.41, 5.74) is 0.718. The molecule has 1 amide bonds. The maximum Gasteiger partial charge on any atom is 0.345 e. The summed E-state index contributed by atoms with van der Waals surface area (Å²) in [6.45, 7) is 2.04. The number of carbonyl (C=O) groups is 1. The van der Waals surface area contributed by atoms with Crippen molar-refractivity contribution in [2.45, 2.75) is 37.6 Å². The highest BCUT2D eigenvalue weighted by molar-refractivity contribution is 5.92. The maximum absolute atomic E-state index is 12.3. The number of hydrogen-bond donors (Lipinski definition) is 1. The van der Waals surface area contributed by atoms with E-state index >= 15 is 0 Å². The number of anilines is 1. The van der Waals surface area contributed by atoms with Crippen LogP contribution >= 0.6 is 0 Å². The fourth-order valence-corrected chi connectivity index (χ4v) is 3.64. The molecule has 8 heteroatoms. The molecule has 0 bridgehead atoms. The number of carbonyl (C=O) groups excluding carboxylic acids is 1. The molecule has 0 spiro atoms. The molecule has 1 aliphatic carbocycles. The molecule has 138 valence electrons. The van der Waals surface area contributed by atoms with Crippen LogP contribution in [-0.2, 0) is 11.8 Å². The van der Waals surface area contributed by atoms with E-state index in [4.69, 9.17) is 0 Å². The third kappa shape index (κ3) is 3.55. The summed E-state index contributed by atoms with van der Waals surface area (Å²) in [6.07, 6.45) is 7.31. The third-order valence-electron chi connectivity index (χ3n) is 5.16. The number of rotatable bonds is 5. The summed E-state index contributed by atoms with van der Waals surface area (Å²) >= 11 is 0. The highest BCUT2D eigenvalue weighted by atomic mass is 16.2. The topological polar surface area (TPSA) is 85.1 Å². The van der Waals surface area contributed by atoms with Crippen LogP contribution in [0.2, 0.25) is 0 Å². The molecule has 2 aromatic rings. The molecule has 0 radical (unpaired) electrons. The number of aromatic nitrogens is 4. The molecule has 1 saturated carbocycles. The molecule has 8 nitrogen and oxygen atoms in total. The Morgan fingerprint density at radius 1 is 1.27 bits per heavy atom. The first-order chi connectivity index (χ1) is 12.6. The zero-order valence-electron chi connectivity index (χ0n) is 15.0. The minimum Gasteiger partial charge on any atom is -0.324 e. The number of aryl methyl sites for hydroxylation is 1. The van der Waals surface area contributed by atoms with Gasteiger partial charge in [-0.1, -0.05) is 0 Å². The van der Waals surface area contributed by atoms with Crippen molar-refractivity contribution in [3.63, 3.8) is 0 Å². The van der Waals surface area contributed by atoms with Gasteiger partial charge in [-0.25, -0.2) is 9.48 Å². The Morgan fingerprint density at radius 2 is 2.04 bits per heavy atom. The summed E-state index contributed by atoms with van der Waals surface area (Å²) in [6, 6.07) is 3.97. The van der Waals surface area contributed by atoms with Gasteiger partial charge >= 0.3 is 5.69 Å². The quantitative estimate of drug-likeness (QED) is 0.868. The first kappa shape index (κ1) is 17.0. The van der Waals surface area contributed by atoms with Gasteiger partial charge in [0, 0.05) is 25.2 Å². The Labute approximate surface area is 151 Å². The van der Waals surface area contributed by atoms with Gasteiger partial charge in [0.25, 0.3) is 0 Å². The zero-order valence-corrected chi connectivity index (χ0v) is 15.0. The molecule has 1 N–H and O–H groups in total. The van der Waals surface area contributed by atoms with Crippen LogP contribution < -0.4 is 11.0 Å². The van der Waals surface area contributed by atoms with E-state index in [1.165, 1.54) is 4.68 Å². The molecule has 2 fully saturated rings. The number of nitrogens with one attached hydrogen (secondary N) is 1. The van der Waals surface area contributed by atoms with Crippen molar-refractivity contribution in [2.24, 2.45) is 7.05 Å². The Hall–Kier alpha value is -2.48. The molecule has 1 aliphatic heterocycles. The smallest absolute Gasteiger partial charge is 0.324 e. The average Bonchev–Trinajstić information content (AvgIpc) is 3.43.